The molecule has 140 valence electrons. The first kappa shape index (κ1) is 19.3. The molecule has 1 aromatic carbocycles. The third kappa shape index (κ3) is 3.16. The van der Waals surface area contributed by atoms with Gasteiger partial charge in [-0.05, 0) is 49.1 Å². The van der Waals surface area contributed by atoms with Crippen molar-refractivity contribution in [1.29, 1.82) is 0 Å². The van der Waals surface area contributed by atoms with Crippen LogP contribution in [0.4, 0.5) is 0 Å². The molecule has 0 spiro atoms. The largest absolute Gasteiger partial charge is 0.299 e. The lowest BCUT2D eigenvalue weighted by Gasteiger charge is -2.27. The number of hydrogen-bond donors (Lipinski definition) is 0. The molecule has 7 heteroatoms. The monoisotopic (exact) mass is 393 g/mol. The second-order valence-electron chi connectivity index (χ2n) is 7.18. The first-order valence-corrected chi connectivity index (χ1v) is 10.1. The van der Waals surface area contributed by atoms with E-state index in [0.717, 1.165) is 6.54 Å². The summed E-state index contributed by atoms with van der Waals surface area (Å²) in [4.78, 5) is 6.64. The fraction of sp³-hybridized carbons (Fsp3) is 0.421. The van der Waals surface area contributed by atoms with Gasteiger partial charge in [-0.3, -0.25) is 9.88 Å². The van der Waals surface area contributed by atoms with Crippen LogP contribution in [-0.2, 0) is 10.0 Å². The molecule has 26 heavy (non-hydrogen) atoms. The summed E-state index contributed by atoms with van der Waals surface area (Å²) in [6.45, 7) is 4.23. The number of halogens is 1. The molecule has 0 saturated carbocycles. The van der Waals surface area contributed by atoms with Crippen LogP contribution in [0.25, 0.3) is 0 Å². The summed E-state index contributed by atoms with van der Waals surface area (Å²) in [6.07, 6.45) is 3.04. The highest BCUT2D eigenvalue weighted by atomic mass is 35.5. The average Bonchev–Trinajstić information content (AvgIpc) is 3.14. The van der Waals surface area contributed by atoms with E-state index in [-0.39, 0.29) is 23.3 Å². The van der Waals surface area contributed by atoms with E-state index in [2.05, 4.69) is 48.1 Å². The lowest BCUT2D eigenvalue weighted by molar-refractivity contribution is 0.260. The second-order valence-corrected chi connectivity index (χ2v) is 9.11. The van der Waals surface area contributed by atoms with E-state index in [1.54, 1.807) is 22.6 Å². The van der Waals surface area contributed by atoms with Crippen LogP contribution >= 0.6 is 12.4 Å². The Morgan fingerprint density at radius 1 is 1.08 bits per heavy atom. The Kier molecular flexibility index (Phi) is 5.40. The highest BCUT2D eigenvalue weighted by Crippen LogP contribution is 2.45. The van der Waals surface area contributed by atoms with Gasteiger partial charge in [-0.2, -0.15) is 4.31 Å². The number of sulfonamides is 1. The molecule has 3 atom stereocenters. The molecule has 0 radical (unpaired) electrons. The molecule has 0 amide bonds. The number of rotatable bonds is 3. The number of likely N-dealkylation sites (tertiary alicyclic amines) is 1. The van der Waals surface area contributed by atoms with Crippen LogP contribution in [0, 0.1) is 18.8 Å². The molecule has 0 unspecified atom stereocenters. The van der Waals surface area contributed by atoms with Crippen LogP contribution in [0.2, 0.25) is 0 Å². The van der Waals surface area contributed by atoms with Gasteiger partial charge in [-0.1, -0.05) is 24.3 Å². The fourth-order valence-corrected chi connectivity index (χ4v) is 5.95. The van der Waals surface area contributed by atoms with Gasteiger partial charge in [0.25, 0.3) is 0 Å². The zero-order chi connectivity index (χ0) is 17.6. The SMILES string of the molecule is Cc1ccccc1[C@H]1[C@@H]2CN(S(=O)(=O)c3cccnc3)C[C@@H]2CN1C.Cl. The van der Waals surface area contributed by atoms with Crippen LogP contribution in [0.5, 0.6) is 0 Å². The summed E-state index contributed by atoms with van der Waals surface area (Å²) in [5.41, 5.74) is 2.59. The minimum Gasteiger partial charge on any atom is -0.299 e. The Hall–Kier alpha value is -1.47. The molecule has 4 rings (SSSR count). The van der Waals surface area contributed by atoms with E-state index < -0.39 is 10.0 Å². The van der Waals surface area contributed by atoms with E-state index in [1.807, 2.05) is 0 Å². The van der Waals surface area contributed by atoms with E-state index in [4.69, 9.17) is 0 Å². The van der Waals surface area contributed by atoms with Crippen LogP contribution in [-0.4, -0.2) is 49.3 Å². The Balaban J connectivity index is 0.00000196. The molecule has 1 aromatic heterocycles. The van der Waals surface area contributed by atoms with Gasteiger partial charge >= 0.3 is 0 Å². The normalized spacial score (nSPS) is 26.5. The van der Waals surface area contributed by atoms with Crippen LogP contribution < -0.4 is 0 Å². The van der Waals surface area contributed by atoms with Gasteiger partial charge in [0.1, 0.15) is 4.90 Å². The van der Waals surface area contributed by atoms with Gasteiger partial charge in [0, 0.05) is 38.1 Å². The Morgan fingerprint density at radius 2 is 1.85 bits per heavy atom. The summed E-state index contributed by atoms with van der Waals surface area (Å²) in [5, 5.41) is 0. The van der Waals surface area contributed by atoms with Gasteiger partial charge in [-0.15, -0.1) is 12.4 Å². The van der Waals surface area contributed by atoms with Crippen LogP contribution in [0.1, 0.15) is 17.2 Å². The quantitative estimate of drug-likeness (QED) is 0.804. The maximum atomic E-state index is 12.9. The minimum atomic E-state index is -3.46. The average molecular weight is 394 g/mol. The number of pyridine rings is 1. The van der Waals surface area contributed by atoms with Gasteiger partial charge in [-0.25, -0.2) is 8.42 Å². The molecular formula is C19H24ClN3O2S. The van der Waals surface area contributed by atoms with Crippen molar-refractivity contribution in [1.82, 2.24) is 14.2 Å². The topological polar surface area (TPSA) is 53.5 Å². The fourth-order valence-electron chi connectivity index (χ4n) is 4.45. The molecule has 0 aliphatic carbocycles. The van der Waals surface area contributed by atoms with Gasteiger partial charge in [0.15, 0.2) is 0 Å². The van der Waals surface area contributed by atoms with Crippen molar-refractivity contribution in [2.75, 3.05) is 26.7 Å². The van der Waals surface area contributed by atoms with Crippen molar-refractivity contribution >= 4 is 22.4 Å². The highest BCUT2D eigenvalue weighted by Gasteiger charge is 2.49. The lowest BCUT2D eigenvalue weighted by atomic mass is 9.88. The lowest BCUT2D eigenvalue weighted by Crippen LogP contribution is -2.33. The van der Waals surface area contributed by atoms with Gasteiger partial charge in [0.2, 0.25) is 10.0 Å². The highest BCUT2D eigenvalue weighted by molar-refractivity contribution is 7.89. The Morgan fingerprint density at radius 3 is 2.54 bits per heavy atom. The predicted octanol–water partition coefficient (Wildman–Crippen LogP) is 2.74. The maximum absolute atomic E-state index is 12.9. The van der Waals surface area contributed by atoms with Crippen molar-refractivity contribution in [2.24, 2.45) is 11.8 Å². The van der Waals surface area contributed by atoms with Crippen LogP contribution in [0.3, 0.4) is 0 Å². The first-order chi connectivity index (χ1) is 12.0. The summed E-state index contributed by atoms with van der Waals surface area (Å²) in [7, 11) is -1.31. The molecule has 5 nitrogen and oxygen atoms in total. The number of nitrogens with zero attached hydrogens (tertiary/aromatic N) is 3. The number of aryl methyl sites for hydroxylation is 1. The molecule has 0 bridgehead atoms. The summed E-state index contributed by atoms with van der Waals surface area (Å²) >= 11 is 0. The maximum Gasteiger partial charge on any atom is 0.244 e. The van der Waals surface area contributed by atoms with Crippen molar-refractivity contribution in [2.45, 2.75) is 17.9 Å². The van der Waals surface area contributed by atoms with Gasteiger partial charge < -0.3 is 0 Å². The number of aromatic nitrogens is 1. The van der Waals surface area contributed by atoms with Crippen molar-refractivity contribution in [3.8, 4) is 0 Å². The van der Waals surface area contributed by atoms with Crippen molar-refractivity contribution in [3.05, 3.63) is 59.9 Å². The summed E-state index contributed by atoms with van der Waals surface area (Å²) in [6, 6.07) is 12.0. The van der Waals surface area contributed by atoms with Crippen molar-refractivity contribution in [3.63, 3.8) is 0 Å². The molecule has 2 aromatic rings. The van der Waals surface area contributed by atoms with E-state index in [9.17, 15) is 8.42 Å². The zero-order valence-corrected chi connectivity index (χ0v) is 16.6. The third-order valence-electron chi connectivity index (χ3n) is 5.64. The number of hydrogen-bond acceptors (Lipinski definition) is 4. The third-order valence-corrected chi connectivity index (χ3v) is 7.46. The first-order valence-electron chi connectivity index (χ1n) is 8.64. The molecule has 2 saturated heterocycles. The molecule has 0 N–H and O–H groups in total. The predicted molar refractivity (Wildman–Crippen MR) is 104 cm³/mol. The molecule has 2 aliphatic rings. The number of fused-ring (bicyclic) bond motifs is 1. The van der Waals surface area contributed by atoms with Crippen molar-refractivity contribution < 1.29 is 8.42 Å². The van der Waals surface area contributed by atoms with E-state index >= 15 is 0 Å². The van der Waals surface area contributed by atoms with E-state index in [0.29, 0.717) is 24.9 Å². The Labute approximate surface area is 161 Å². The van der Waals surface area contributed by atoms with E-state index in [1.165, 1.54) is 17.3 Å². The zero-order valence-electron chi connectivity index (χ0n) is 14.9. The smallest absolute Gasteiger partial charge is 0.244 e. The second kappa shape index (κ2) is 7.27. The minimum absolute atomic E-state index is 0. The standard InChI is InChI=1S/C19H23N3O2S.ClH/c1-14-6-3-4-8-17(14)19-18-13-22(12-15(18)11-21(19)2)25(23,24)16-7-5-9-20-10-16;/h3-10,15,18-19H,11-13H2,1-2H3;1H/t15-,18+,19-;/m0./s1. The van der Waals surface area contributed by atoms with Gasteiger partial charge in [0.05, 0.1) is 0 Å². The molecule has 2 fully saturated rings. The molecule has 3 heterocycles. The molecular weight excluding hydrogens is 370 g/mol. The van der Waals surface area contributed by atoms with Crippen LogP contribution in [0.15, 0.2) is 53.7 Å². The molecule has 2 aliphatic heterocycles. The number of benzene rings is 1. The summed E-state index contributed by atoms with van der Waals surface area (Å²) in [5.74, 6) is 0.707. The Bertz CT molecular complexity index is 875. The summed E-state index contributed by atoms with van der Waals surface area (Å²) < 4.78 is 27.5.